The van der Waals surface area contributed by atoms with Gasteiger partial charge in [-0.15, -0.1) is 11.3 Å². The third kappa shape index (κ3) is 4.70. The zero-order valence-corrected chi connectivity index (χ0v) is 23.0. The molecule has 0 unspecified atom stereocenters. The molecule has 1 aliphatic carbocycles. The normalized spacial score (nSPS) is 20.8. The minimum Gasteiger partial charge on any atom is -0.363 e. The Morgan fingerprint density at radius 2 is 1.97 bits per heavy atom. The van der Waals surface area contributed by atoms with Crippen LogP contribution in [0, 0.1) is 13.8 Å². The number of ether oxygens (including phenoxy) is 1. The van der Waals surface area contributed by atoms with Gasteiger partial charge in [0.15, 0.2) is 0 Å². The molecule has 38 heavy (non-hydrogen) atoms. The number of hydrogen-bond acceptors (Lipinski definition) is 5. The number of alkyl halides is 2. The minimum atomic E-state index is -2.99. The van der Waals surface area contributed by atoms with E-state index in [9.17, 15) is 8.78 Å². The number of hydrogen-bond donors (Lipinski definition) is 0. The molecule has 1 spiro atoms. The van der Waals surface area contributed by atoms with Gasteiger partial charge < -0.3 is 9.30 Å². The predicted octanol–water partition coefficient (Wildman–Crippen LogP) is 6.45. The number of allylic oxidation sites excluding steroid dienone is 6. The Kier molecular flexibility index (Phi) is 6.66. The molecule has 3 aromatic rings. The highest BCUT2D eigenvalue weighted by molar-refractivity contribution is 7.16. The summed E-state index contributed by atoms with van der Waals surface area (Å²) in [6, 6.07) is 1.42. The summed E-state index contributed by atoms with van der Waals surface area (Å²) in [5.41, 5.74) is 3.88. The summed E-state index contributed by atoms with van der Waals surface area (Å²) >= 11 is 7.40. The van der Waals surface area contributed by atoms with Crippen LogP contribution < -0.4 is 0 Å². The van der Waals surface area contributed by atoms with Gasteiger partial charge in [0, 0.05) is 60.6 Å². The van der Waals surface area contributed by atoms with E-state index in [1.165, 1.54) is 28.5 Å². The molecule has 0 radical (unpaired) electrons. The monoisotopic (exact) mass is 557 g/mol. The molecule has 2 aliphatic heterocycles. The maximum Gasteiger partial charge on any atom is 0.297 e. The maximum atomic E-state index is 14.5. The Morgan fingerprint density at radius 1 is 1.16 bits per heavy atom. The van der Waals surface area contributed by atoms with Crippen LogP contribution in [0.15, 0.2) is 54.5 Å². The van der Waals surface area contributed by atoms with Crippen LogP contribution in [0.4, 0.5) is 8.78 Å². The number of nitrogens with zero attached hydrogens (tertiary/aromatic N) is 5. The van der Waals surface area contributed by atoms with Crippen LogP contribution >= 0.6 is 22.9 Å². The van der Waals surface area contributed by atoms with Gasteiger partial charge in [-0.25, -0.2) is 9.67 Å². The van der Waals surface area contributed by atoms with Gasteiger partial charge in [-0.1, -0.05) is 35.9 Å². The maximum absolute atomic E-state index is 14.5. The molecule has 5 heterocycles. The van der Waals surface area contributed by atoms with E-state index in [0.717, 1.165) is 49.8 Å². The Balaban J connectivity index is 1.19. The van der Waals surface area contributed by atoms with E-state index in [-0.39, 0.29) is 5.56 Å². The van der Waals surface area contributed by atoms with Crippen molar-refractivity contribution < 1.29 is 13.5 Å². The van der Waals surface area contributed by atoms with Crippen molar-refractivity contribution in [3.63, 3.8) is 0 Å². The zero-order chi connectivity index (χ0) is 26.5. The van der Waals surface area contributed by atoms with Crippen molar-refractivity contribution >= 4 is 28.6 Å². The lowest BCUT2D eigenvalue weighted by molar-refractivity contribution is -0.182. The molecule has 10 heteroatoms. The van der Waals surface area contributed by atoms with Gasteiger partial charge in [0.05, 0.1) is 22.3 Å². The topological polar surface area (TPSA) is 48.1 Å². The lowest BCUT2D eigenvalue weighted by atomic mass is 9.84. The predicted molar refractivity (Wildman–Crippen MR) is 145 cm³/mol. The molecule has 6 rings (SSSR count). The van der Waals surface area contributed by atoms with Crippen molar-refractivity contribution in [2.75, 3.05) is 19.7 Å². The molecule has 0 amide bonds. The zero-order valence-electron chi connectivity index (χ0n) is 21.5. The van der Waals surface area contributed by atoms with Gasteiger partial charge in [0.1, 0.15) is 18.0 Å². The number of fused-ring (bicyclic) bond motifs is 2. The lowest BCUT2D eigenvalue weighted by Gasteiger charge is -2.45. The average Bonchev–Trinajstić information content (AvgIpc) is 3.54. The van der Waals surface area contributed by atoms with Crippen molar-refractivity contribution in [1.29, 1.82) is 0 Å². The van der Waals surface area contributed by atoms with Gasteiger partial charge in [0.25, 0.3) is 5.92 Å². The molecule has 0 atom stereocenters. The first kappa shape index (κ1) is 25.7. The molecule has 6 nitrogen and oxygen atoms in total. The molecular formula is C28H30ClF2N5OS. The van der Waals surface area contributed by atoms with E-state index in [1.54, 1.807) is 0 Å². The molecule has 0 bridgehead atoms. The highest BCUT2D eigenvalue weighted by atomic mass is 35.5. The van der Waals surface area contributed by atoms with Crippen LogP contribution in [0.3, 0.4) is 0 Å². The third-order valence-corrected chi connectivity index (χ3v) is 9.31. The van der Waals surface area contributed by atoms with E-state index < -0.39 is 18.1 Å². The number of aryl methyl sites for hydroxylation is 2. The number of likely N-dealkylation sites (tertiary alicyclic amines) is 1. The van der Waals surface area contributed by atoms with Crippen LogP contribution in [0.1, 0.15) is 46.8 Å². The largest absolute Gasteiger partial charge is 0.363 e. The summed E-state index contributed by atoms with van der Waals surface area (Å²) in [5.74, 6) is -2.01. The second-order valence-corrected chi connectivity index (χ2v) is 12.0. The first-order valence-corrected chi connectivity index (χ1v) is 14.1. The van der Waals surface area contributed by atoms with E-state index in [0.29, 0.717) is 22.1 Å². The third-order valence-electron chi connectivity index (χ3n) is 7.87. The number of imidazole rings is 1. The van der Waals surface area contributed by atoms with Gasteiger partial charge in [0.2, 0.25) is 0 Å². The van der Waals surface area contributed by atoms with Crippen molar-refractivity contribution in [3.8, 4) is 0 Å². The number of piperidine rings is 1. The summed E-state index contributed by atoms with van der Waals surface area (Å²) in [4.78, 5) is 7.32. The van der Waals surface area contributed by atoms with E-state index in [4.69, 9.17) is 21.4 Å². The molecule has 0 saturated carbocycles. The van der Waals surface area contributed by atoms with E-state index in [2.05, 4.69) is 45.0 Å². The highest BCUT2D eigenvalue weighted by Gasteiger charge is 2.51. The van der Waals surface area contributed by atoms with Crippen molar-refractivity contribution in [2.24, 2.45) is 0 Å². The van der Waals surface area contributed by atoms with Crippen LogP contribution in [0.25, 0.3) is 5.70 Å². The highest BCUT2D eigenvalue weighted by Crippen LogP contribution is 2.52. The smallest absolute Gasteiger partial charge is 0.297 e. The molecular weight excluding hydrogens is 528 g/mol. The molecule has 1 saturated heterocycles. The fourth-order valence-electron chi connectivity index (χ4n) is 5.61. The molecule has 0 N–H and O–H groups in total. The summed E-state index contributed by atoms with van der Waals surface area (Å²) in [6.45, 7) is 6.47. The standard InChI is InChI=1S/C28H30ClF2N5OS/c1-19-22(17-36(33-19)24-7-5-3-4-6-21(24)16-35-13-10-32-20(35)2)15-34-11-8-27(9-12-34)26-23(14-25(29)38-26)28(30,31)18-37-27/h3-6,10,13-14,17H,7-9,11-12,15-16,18H2,1-2H3. The molecule has 3 aromatic heterocycles. The van der Waals surface area contributed by atoms with E-state index in [1.807, 2.05) is 30.9 Å². The lowest BCUT2D eigenvalue weighted by Crippen LogP contribution is -2.48. The number of thiophene rings is 1. The van der Waals surface area contributed by atoms with Crippen molar-refractivity contribution in [3.05, 3.63) is 86.4 Å². The molecule has 1 fully saturated rings. The van der Waals surface area contributed by atoms with Gasteiger partial charge in [-0.05, 0) is 38.3 Å². The summed E-state index contributed by atoms with van der Waals surface area (Å²) < 4.78 is 39.4. The van der Waals surface area contributed by atoms with Crippen molar-refractivity contribution in [1.82, 2.24) is 24.2 Å². The Labute approximate surface area is 229 Å². The number of halogens is 3. The first-order valence-electron chi connectivity index (χ1n) is 12.9. The number of aromatic nitrogens is 4. The Bertz CT molecular complexity index is 1440. The fraction of sp³-hybridized carbons (Fsp3) is 0.429. The van der Waals surface area contributed by atoms with Gasteiger partial charge in [-0.3, -0.25) is 4.90 Å². The summed E-state index contributed by atoms with van der Waals surface area (Å²) in [6.07, 6.45) is 16.5. The van der Waals surface area contributed by atoms with Gasteiger partial charge >= 0.3 is 0 Å². The fourth-order valence-corrected chi connectivity index (χ4v) is 7.09. The van der Waals surface area contributed by atoms with Crippen LogP contribution in [0.5, 0.6) is 0 Å². The summed E-state index contributed by atoms with van der Waals surface area (Å²) in [7, 11) is 0. The Morgan fingerprint density at radius 3 is 2.74 bits per heavy atom. The number of rotatable bonds is 5. The average molecular weight is 558 g/mol. The van der Waals surface area contributed by atoms with Crippen LogP contribution in [-0.4, -0.2) is 43.9 Å². The van der Waals surface area contributed by atoms with Crippen molar-refractivity contribution in [2.45, 2.75) is 57.7 Å². The first-order chi connectivity index (χ1) is 18.2. The summed E-state index contributed by atoms with van der Waals surface area (Å²) in [5, 5.41) is 4.89. The van der Waals surface area contributed by atoms with Crippen LogP contribution in [-0.2, 0) is 29.3 Å². The van der Waals surface area contributed by atoms with Crippen LogP contribution in [0.2, 0.25) is 4.34 Å². The van der Waals surface area contributed by atoms with Gasteiger partial charge in [-0.2, -0.15) is 13.9 Å². The molecule has 200 valence electrons. The minimum absolute atomic E-state index is 0.0470. The Hall–Kier alpha value is -2.59. The van der Waals surface area contributed by atoms with E-state index >= 15 is 0 Å². The quantitative estimate of drug-likeness (QED) is 0.362. The molecule has 0 aromatic carbocycles. The molecule has 3 aliphatic rings. The second-order valence-electron chi connectivity index (χ2n) is 10.3. The SMILES string of the molecule is Cc1nn(C2=C(Cn3ccnc3C)C=CC=CC2)cc1CN1CCC2(CC1)OCC(F)(F)c1cc(Cl)sc12. The second kappa shape index (κ2) is 9.86.